The van der Waals surface area contributed by atoms with Gasteiger partial charge in [-0.3, -0.25) is 9.48 Å². The van der Waals surface area contributed by atoms with Crippen LogP contribution >= 0.6 is 11.8 Å². The van der Waals surface area contributed by atoms with Crippen LogP contribution in [0.5, 0.6) is 0 Å². The Morgan fingerprint density at radius 2 is 2.26 bits per heavy atom. The number of anilines is 1. The van der Waals surface area contributed by atoms with Crippen LogP contribution in [-0.4, -0.2) is 28.6 Å². The molecule has 0 aliphatic heterocycles. The number of nitrogen functional groups attached to an aromatic ring is 1. The Morgan fingerprint density at radius 3 is 2.74 bits per heavy atom. The number of esters is 1. The van der Waals surface area contributed by atoms with Crippen molar-refractivity contribution in [2.75, 3.05) is 18.6 Å². The maximum Gasteiger partial charge on any atom is 0.306 e. The van der Waals surface area contributed by atoms with Gasteiger partial charge in [0.05, 0.1) is 24.9 Å². The molecule has 2 rings (SSSR count). The largest absolute Gasteiger partial charge is 0.469 e. The number of carbonyl (C=O) groups excluding carboxylic acids is 1. The van der Waals surface area contributed by atoms with Crippen LogP contribution in [0.1, 0.15) is 31.9 Å². The van der Waals surface area contributed by atoms with Crippen LogP contribution in [0.2, 0.25) is 0 Å². The quantitative estimate of drug-likeness (QED) is 0.638. The Kier molecular flexibility index (Phi) is 4.08. The smallest absolute Gasteiger partial charge is 0.306 e. The molecule has 0 bridgehead atoms. The van der Waals surface area contributed by atoms with E-state index in [9.17, 15) is 4.79 Å². The fourth-order valence-corrected chi connectivity index (χ4v) is 3.49. The highest BCUT2D eigenvalue weighted by Crippen LogP contribution is 2.52. The number of rotatable bonds is 6. The second-order valence-electron chi connectivity index (χ2n) is 5.18. The molecule has 1 aliphatic carbocycles. The highest BCUT2D eigenvalue weighted by atomic mass is 32.2. The number of methoxy groups -OCH3 is 1. The number of thioether (sulfide) groups is 1. The van der Waals surface area contributed by atoms with E-state index in [1.165, 1.54) is 7.11 Å². The summed E-state index contributed by atoms with van der Waals surface area (Å²) < 4.78 is 6.60. The van der Waals surface area contributed by atoms with Crippen molar-refractivity contribution in [2.24, 2.45) is 12.5 Å². The van der Waals surface area contributed by atoms with E-state index in [1.54, 1.807) is 11.8 Å². The van der Waals surface area contributed by atoms with Crippen LogP contribution in [0.15, 0.2) is 5.03 Å². The molecule has 0 atom stereocenters. The lowest BCUT2D eigenvalue weighted by molar-refractivity contribution is -0.141. The average Bonchev–Trinajstić information content (AvgIpc) is 3.09. The third kappa shape index (κ3) is 3.05. The van der Waals surface area contributed by atoms with E-state index >= 15 is 0 Å². The van der Waals surface area contributed by atoms with E-state index in [0.29, 0.717) is 6.42 Å². The molecular formula is C13H21N3O2S. The Hall–Kier alpha value is -1.17. The number of aryl methyl sites for hydroxylation is 2. The molecule has 0 aromatic carbocycles. The van der Waals surface area contributed by atoms with Crippen molar-refractivity contribution in [2.45, 2.75) is 37.6 Å². The van der Waals surface area contributed by atoms with Gasteiger partial charge in [-0.15, -0.1) is 11.8 Å². The Balaban J connectivity index is 1.99. The summed E-state index contributed by atoms with van der Waals surface area (Å²) in [6.07, 6.45) is 3.53. The highest BCUT2D eigenvalue weighted by Gasteiger charge is 2.44. The van der Waals surface area contributed by atoms with E-state index in [-0.39, 0.29) is 11.4 Å². The molecule has 0 saturated heterocycles. The molecule has 0 spiro atoms. The summed E-state index contributed by atoms with van der Waals surface area (Å²) in [4.78, 5) is 11.4. The molecular weight excluding hydrogens is 262 g/mol. The second-order valence-corrected chi connectivity index (χ2v) is 6.15. The van der Waals surface area contributed by atoms with Crippen molar-refractivity contribution in [1.82, 2.24) is 9.78 Å². The van der Waals surface area contributed by atoms with Crippen molar-refractivity contribution < 1.29 is 9.53 Å². The van der Waals surface area contributed by atoms with Crippen LogP contribution in [-0.2, 0) is 23.0 Å². The van der Waals surface area contributed by atoms with Gasteiger partial charge < -0.3 is 10.5 Å². The van der Waals surface area contributed by atoms with Crippen LogP contribution in [0.3, 0.4) is 0 Å². The van der Waals surface area contributed by atoms with Gasteiger partial charge in [-0.1, -0.05) is 6.92 Å². The van der Waals surface area contributed by atoms with E-state index in [1.807, 2.05) is 18.7 Å². The van der Waals surface area contributed by atoms with Gasteiger partial charge in [0.25, 0.3) is 0 Å². The maximum absolute atomic E-state index is 11.4. The van der Waals surface area contributed by atoms with Crippen LogP contribution in [0.4, 0.5) is 5.69 Å². The van der Waals surface area contributed by atoms with Crippen molar-refractivity contribution in [3.05, 3.63) is 5.69 Å². The van der Waals surface area contributed by atoms with Crippen molar-refractivity contribution in [3.63, 3.8) is 0 Å². The summed E-state index contributed by atoms with van der Waals surface area (Å²) in [7, 11) is 3.36. The molecule has 6 heteroatoms. The fourth-order valence-electron chi connectivity index (χ4n) is 2.16. The summed E-state index contributed by atoms with van der Waals surface area (Å²) in [6, 6.07) is 0. The van der Waals surface area contributed by atoms with E-state index in [2.05, 4.69) is 5.10 Å². The average molecular weight is 283 g/mol. The zero-order valence-electron chi connectivity index (χ0n) is 11.7. The molecule has 0 amide bonds. The fraction of sp³-hybridized carbons (Fsp3) is 0.692. The predicted molar refractivity (Wildman–Crippen MR) is 76.0 cm³/mol. The molecule has 0 radical (unpaired) electrons. The number of hydrogen-bond donors (Lipinski definition) is 1. The molecule has 1 aromatic heterocycles. The minimum atomic E-state index is -0.120. The van der Waals surface area contributed by atoms with Crippen LogP contribution in [0.25, 0.3) is 0 Å². The Morgan fingerprint density at radius 1 is 1.58 bits per heavy atom. The third-order valence-corrected chi connectivity index (χ3v) is 5.17. The van der Waals surface area contributed by atoms with Gasteiger partial charge >= 0.3 is 5.97 Å². The number of aromatic nitrogens is 2. The first-order valence-corrected chi connectivity index (χ1v) is 7.51. The van der Waals surface area contributed by atoms with Crippen molar-refractivity contribution in [3.8, 4) is 0 Å². The minimum Gasteiger partial charge on any atom is -0.469 e. The van der Waals surface area contributed by atoms with Gasteiger partial charge in [0.2, 0.25) is 0 Å². The minimum absolute atomic E-state index is 0.112. The summed E-state index contributed by atoms with van der Waals surface area (Å²) in [6.45, 7) is 2.05. The summed E-state index contributed by atoms with van der Waals surface area (Å²) >= 11 is 1.70. The first-order valence-electron chi connectivity index (χ1n) is 6.52. The van der Waals surface area contributed by atoms with E-state index in [4.69, 9.17) is 10.5 Å². The standard InChI is InChI=1S/C13H21N3O2S/c1-4-9-11(14)12(16(2)15-9)19-8-13(5-6-13)7-10(17)18-3/h4-8,14H2,1-3H3. The van der Waals surface area contributed by atoms with E-state index in [0.717, 1.165) is 41.4 Å². The van der Waals surface area contributed by atoms with Gasteiger partial charge in [-0.2, -0.15) is 5.10 Å². The van der Waals surface area contributed by atoms with Crippen molar-refractivity contribution in [1.29, 1.82) is 0 Å². The lowest BCUT2D eigenvalue weighted by Gasteiger charge is -2.13. The zero-order chi connectivity index (χ0) is 14.0. The SMILES string of the molecule is CCc1nn(C)c(SCC2(CC(=O)OC)CC2)c1N. The van der Waals surface area contributed by atoms with Gasteiger partial charge in [-0.25, -0.2) is 0 Å². The Bertz CT molecular complexity index is 480. The molecule has 106 valence electrons. The van der Waals surface area contributed by atoms with Gasteiger partial charge in [-0.05, 0) is 24.7 Å². The highest BCUT2D eigenvalue weighted by molar-refractivity contribution is 7.99. The first-order chi connectivity index (χ1) is 9.01. The van der Waals surface area contributed by atoms with E-state index < -0.39 is 0 Å². The molecule has 2 N–H and O–H groups in total. The normalized spacial score (nSPS) is 16.4. The number of nitrogens with zero attached hydrogens (tertiary/aromatic N) is 2. The molecule has 1 saturated carbocycles. The summed E-state index contributed by atoms with van der Waals surface area (Å²) in [5.41, 5.74) is 7.94. The molecule has 0 unspecified atom stereocenters. The third-order valence-electron chi connectivity index (χ3n) is 3.66. The molecule has 5 nitrogen and oxygen atoms in total. The van der Waals surface area contributed by atoms with Crippen LogP contribution in [0, 0.1) is 5.41 Å². The number of nitrogens with two attached hydrogens (primary N) is 1. The molecule has 1 aliphatic rings. The van der Waals surface area contributed by atoms with Gasteiger partial charge in [0.1, 0.15) is 5.03 Å². The molecule has 1 heterocycles. The second kappa shape index (κ2) is 5.45. The Labute approximate surface area is 117 Å². The summed E-state index contributed by atoms with van der Waals surface area (Å²) in [5.74, 6) is 0.778. The zero-order valence-corrected chi connectivity index (χ0v) is 12.5. The lowest BCUT2D eigenvalue weighted by atomic mass is 10.1. The molecule has 19 heavy (non-hydrogen) atoms. The predicted octanol–water partition coefficient (Wildman–Crippen LogP) is 2.00. The molecule has 1 aromatic rings. The molecule has 1 fully saturated rings. The van der Waals surface area contributed by atoms with Gasteiger partial charge in [0, 0.05) is 12.8 Å². The monoisotopic (exact) mass is 283 g/mol. The summed E-state index contributed by atoms with van der Waals surface area (Å²) in [5, 5.41) is 5.41. The maximum atomic E-state index is 11.4. The lowest BCUT2D eigenvalue weighted by Crippen LogP contribution is -2.13. The topological polar surface area (TPSA) is 70.1 Å². The van der Waals surface area contributed by atoms with Gasteiger partial charge in [0.15, 0.2) is 0 Å². The van der Waals surface area contributed by atoms with Crippen LogP contribution < -0.4 is 5.73 Å². The first kappa shape index (κ1) is 14.2. The number of carbonyl (C=O) groups is 1. The number of ether oxygens (including phenoxy) is 1. The number of hydrogen-bond acceptors (Lipinski definition) is 5. The van der Waals surface area contributed by atoms with Crippen molar-refractivity contribution >= 4 is 23.4 Å².